The summed E-state index contributed by atoms with van der Waals surface area (Å²) in [5.41, 5.74) is 2.56. The van der Waals surface area contributed by atoms with E-state index in [4.69, 9.17) is 0 Å². The van der Waals surface area contributed by atoms with Crippen molar-refractivity contribution >= 4 is 6.29 Å². The number of rotatable bonds is 13. The molecule has 3 aliphatic rings. The third-order valence-corrected chi connectivity index (χ3v) is 9.71. The van der Waals surface area contributed by atoms with Crippen molar-refractivity contribution in [2.75, 3.05) is 26.8 Å². The van der Waals surface area contributed by atoms with Crippen LogP contribution in [-0.2, 0) is 4.79 Å². The average Bonchev–Trinajstić information content (AvgIpc) is 3.27. The van der Waals surface area contributed by atoms with Crippen molar-refractivity contribution in [1.29, 1.82) is 0 Å². The maximum Gasteiger partial charge on any atom is 0.145 e. The molecular formula is C34H51NO5. The normalized spacial score (nSPS) is 34.9. The molecule has 5 N–H and O–H groups in total. The monoisotopic (exact) mass is 553 g/mol. The second-order valence-corrected chi connectivity index (χ2v) is 12.4. The lowest BCUT2D eigenvalue weighted by molar-refractivity contribution is -0.194. The Kier molecular flexibility index (Phi) is 11.5. The third kappa shape index (κ3) is 6.37. The molecule has 0 unspecified atom stereocenters. The zero-order chi connectivity index (χ0) is 29.5. The van der Waals surface area contributed by atoms with Gasteiger partial charge in [0.1, 0.15) is 6.29 Å². The number of carbonyl (C=O) groups is 1. The maximum atomic E-state index is 12.5. The topological polar surface area (TPSA) is 110 Å². The molecule has 0 radical (unpaired) electrons. The van der Waals surface area contributed by atoms with Crippen LogP contribution in [0.1, 0.15) is 65.7 Å². The van der Waals surface area contributed by atoms with Gasteiger partial charge in [0.05, 0.1) is 18.3 Å². The quantitative estimate of drug-likeness (QED) is 0.0989. The standard InChI is InChI=1S/C34H51NO5/c1-23(2)8-6-9-24(3)10-7-11-28(22-38)29-14-16-34(32(29)39)31-26(15-19-36)12-13-27(30(31)25(4)21-37)20-33(34,40)17-18-35-5/h7-8,10-13,21,26-27,29,31-32,35-36,38-40H,3,6,9,14-20,22H2,1-2,4-5H3/b10-7-,28-11-,30-25?/t26-,27-,29-,31-,32+,33+,34+/m0/s1. The molecule has 0 aromatic carbocycles. The number of aldehydes is 1. The van der Waals surface area contributed by atoms with Crippen LogP contribution >= 0.6 is 0 Å². The summed E-state index contributed by atoms with van der Waals surface area (Å²) in [6, 6.07) is 0. The van der Waals surface area contributed by atoms with Gasteiger partial charge >= 0.3 is 0 Å². The summed E-state index contributed by atoms with van der Waals surface area (Å²) in [6.45, 7) is 10.5. The number of carbonyl (C=O) groups excluding carboxylic acids is 1. The predicted molar refractivity (Wildman–Crippen MR) is 161 cm³/mol. The largest absolute Gasteiger partial charge is 0.396 e. The van der Waals surface area contributed by atoms with Crippen molar-refractivity contribution in [3.63, 3.8) is 0 Å². The van der Waals surface area contributed by atoms with E-state index in [-0.39, 0.29) is 36.9 Å². The zero-order valence-corrected chi connectivity index (χ0v) is 24.9. The van der Waals surface area contributed by atoms with E-state index in [0.29, 0.717) is 44.2 Å². The minimum Gasteiger partial charge on any atom is -0.396 e. The second-order valence-electron chi connectivity index (χ2n) is 12.4. The first-order chi connectivity index (χ1) is 19.1. The fourth-order valence-electron chi connectivity index (χ4n) is 7.84. The molecule has 0 aromatic rings. The minimum absolute atomic E-state index is 0.0156. The number of aliphatic hydroxyl groups is 4. The number of aliphatic hydroxyl groups excluding tert-OH is 3. The predicted octanol–water partition coefficient (Wildman–Crippen LogP) is 4.58. The lowest BCUT2D eigenvalue weighted by Crippen LogP contribution is -2.65. The molecule has 7 atom stereocenters. The summed E-state index contributed by atoms with van der Waals surface area (Å²) in [6.07, 6.45) is 16.5. The first-order valence-corrected chi connectivity index (χ1v) is 14.9. The van der Waals surface area contributed by atoms with E-state index in [1.807, 2.05) is 32.2 Å². The molecule has 222 valence electrons. The van der Waals surface area contributed by atoms with Crippen molar-refractivity contribution in [1.82, 2.24) is 5.32 Å². The minimum atomic E-state index is -1.18. The van der Waals surface area contributed by atoms with Gasteiger partial charge in [-0.2, -0.15) is 0 Å². The Labute approximate surface area is 241 Å². The average molecular weight is 554 g/mol. The van der Waals surface area contributed by atoms with Gasteiger partial charge in [0.25, 0.3) is 0 Å². The first-order valence-electron chi connectivity index (χ1n) is 14.9. The van der Waals surface area contributed by atoms with Gasteiger partial charge in [0.2, 0.25) is 0 Å². The van der Waals surface area contributed by atoms with E-state index in [1.165, 1.54) is 5.57 Å². The molecule has 40 heavy (non-hydrogen) atoms. The summed E-state index contributed by atoms with van der Waals surface area (Å²) in [4.78, 5) is 12.1. The summed E-state index contributed by atoms with van der Waals surface area (Å²) in [7, 11) is 1.86. The molecule has 2 fully saturated rings. The highest BCUT2D eigenvalue weighted by Gasteiger charge is 2.68. The van der Waals surface area contributed by atoms with Crippen molar-refractivity contribution in [3.05, 3.63) is 70.9 Å². The van der Waals surface area contributed by atoms with E-state index in [1.54, 1.807) is 0 Å². The summed E-state index contributed by atoms with van der Waals surface area (Å²) in [5.74, 6) is -0.797. The number of nitrogens with one attached hydrogen (secondary N) is 1. The lowest BCUT2D eigenvalue weighted by atomic mass is 9.45. The second kappa shape index (κ2) is 14.2. The Balaban J connectivity index is 2.03. The van der Waals surface area contributed by atoms with Crippen molar-refractivity contribution in [2.24, 2.45) is 29.1 Å². The third-order valence-electron chi connectivity index (χ3n) is 9.71. The fourth-order valence-corrected chi connectivity index (χ4v) is 7.84. The number of hydrogen-bond acceptors (Lipinski definition) is 6. The van der Waals surface area contributed by atoms with E-state index in [9.17, 15) is 25.2 Å². The van der Waals surface area contributed by atoms with E-state index in [2.05, 4.69) is 44.0 Å². The first kappa shape index (κ1) is 32.4. The van der Waals surface area contributed by atoms with Crippen molar-refractivity contribution < 1.29 is 25.2 Å². The SMILES string of the molecule is C=C(/C=C\C=C(\CO)[C@@H]1CC[C@]2([C@@H]1O)[C@@H]1C(=C(C)C=O)[C@@H](C=C[C@H]1CCO)C[C@]2(O)CCNC)CCC=C(C)C. The summed E-state index contributed by atoms with van der Waals surface area (Å²) >= 11 is 0. The van der Waals surface area contributed by atoms with Gasteiger partial charge in [0.15, 0.2) is 0 Å². The zero-order valence-electron chi connectivity index (χ0n) is 24.9. The molecule has 0 aromatic heterocycles. The molecule has 1 spiro atoms. The van der Waals surface area contributed by atoms with E-state index >= 15 is 0 Å². The van der Waals surface area contributed by atoms with Crippen LogP contribution in [0.25, 0.3) is 0 Å². The van der Waals surface area contributed by atoms with Gasteiger partial charge in [-0.05, 0) is 102 Å². The number of hydrogen-bond donors (Lipinski definition) is 5. The van der Waals surface area contributed by atoms with Gasteiger partial charge < -0.3 is 25.7 Å². The molecule has 0 aliphatic heterocycles. The molecule has 2 bridgehead atoms. The molecule has 3 rings (SSSR count). The Bertz CT molecular complexity index is 1060. The molecule has 0 amide bonds. The molecule has 0 heterocycles. The van der Waals surface area contributed by atoms with Crippen molar-refractivity contribution in [3.8, 4) is 0 Å². The van der Waals surface area contributed by atoms with Crippen LogP contribution in [0.3, 0.4) is 0 Å². The van der Waals surface area contributed by atoms with Gasteiger partial charge in [-0.15, -0.1) is 0 Å². The van der Waals surface area contributed by atoms with Crippen LogP contribution in [0, 0.1) is 29.1 Å². The highest BCUT2D eigenvalue weighted by Crippen LogP contribution is 2.67. The maximum absolute atomic E-state index is 12.5. The molecular weight excluding hydrogens is 502 g/mol. The lowest BCUT2D eigenvalue weighted by Gasteiger charge is -2.61. The molecule has 2 saturated carbocycles. The van der Waals surface area contributed by atoms with Crippen LogP contribution < -0.4 is 5.32 Å². The highest BCUT2D eigenvalue weighted by atomic mass is 16.3. The Morgan fingerprint density at radius 1 is 1.23 bits per heavy atom. The molecule has 3 aliphatic carbocycles. The van der Waals surface area contributed by atoms with Crippen LogP contribution in [-0.4, -0.2) is 65.2 Å². The van der Waals surface area contributed by atoms with Gasteiger partial charge in [0, 0.05) is 23.9 Å². The Morgan fingerprint density at radius 3 is 2.60 bits per heavy atom. The molecule has 6 heteroatoms. The number of allylic oxidation sites excluding steroid dienone is 10. The summed E-state index contributed by atoms with van der Waals surface area (Å²) < 4.78 is 0. The molecule has 6 nitrogen and oxygen atoms in total. The van der Waals surface area contributed by atoms with Crippen LogP contribution in [0.4, 0.5) is 0 Å². The van der Waals surface area contributed by atoms with Crippen LogP contribution in [0.5, 0.6) is 0 Å². The highest BCUT2D eigenvalue weighted by molar-refractivity contribution is 5.74. The smallest absolute Gasteiger partial charge is 0.145 e. The van der Waals surface area contributed by atoms with E-state index in [0.717, 1.165) is 35.8 Å². The Hall–Kier alpha value is -2.09. The van der Waals surface area contributed by atoms with Gasteiger partial charge in [-0.1, -0.05) is 59.8 Å². The van der Waals surface area contributed by atoms with E-state index < -0.39 is 17.1 Å². The fraction of sp³-hybridized carbons (Fsp3) is 0.618. The van der Waals surface area contributed by atoms with Crippen LogP contribution in [0.2, 0.25) is 0 Å². The Morgan fingerprint density at radius 2 is 1.98 bits per heavy atom. The summed E-state index contributed by atoms with van der Waals surface area (Å²) in [5, 5.41) is 48.3. The van der Waals surface area contributed by atoms with Crippen molar-refractivity contribution in [2.45, 2.75) is 77.4 Å². The van der Waals surface area contributed by atoms with Gasteiger partial charge in [-0.25, -0.2) is 0 Å². The number of fused-ring (bicyclic) bond motifs is 3. The van der Waals surface area contributed by atoms with Gasteiger partial charge in [-0.3, -0.25) is 4.79 Å². The molecule has 0 saturated heterocycles. The van der Waals surface area contributed by atoms with Crippen LogP contribution in [0.15, 0.2) is 70.9 Å².